The Morgan fingerprint density at radius 1 is 0.672 bits per heavy atom. The average molecular weight is 821 g/mol. The SMILES string of the molecule is Cc1nc(-c2cnc(C3CCCN3C(=O)[C@H](OC(N)=O)c3ccccc3)[nH]2)sc1-c1sc(-c2cnc(C3CCCN3C(=O)[C@H](OC(N)=O)c3ccccc3)[nH]2)nc1C. The average Bonchev–Trinajstić information content (AvgIpc) is 4.07. The summed E-state index contributed by atoms with van der Waals surface area (Å²) in [4.78, 5) is 82.4. The van der Waals surface area contributed by atoms with E-state index in [2.05, 4.69) is 19.9 Å². The molecule has 298 valence electrons. The quantitative estimate of drug-likeness (QED) is 0.109. The number of hydrogen-bond acceptors (Lipinski definition) is 12. The lowest BCUT2D eigenvalue weighted by molar-refractivity contribution is -0.142. The fraction of sp³-hybridized carbons (Fsp3) is 0.300. The van der Waals surface area contributed by atoms with Crippen LogP contribution in [0.2, 0.25) is 0 Å². The first-order chi connectivity index (χ1) is 28.0. The van der Waals surface area contributed by atoms with E-state index in [4.69, 9.17) is 30.9 Å². The molecule has 0 spiro atoms. The maximum Gasteiger partial charge on any atom is 0.405 e. The molecule has 4 aromatic heterocycles. The second-order valence-electron chi connectivity index (χ2n) is 14.1. The molecule has 2 unspecified atom stereocenters. The number of benzene rings is 2. The van der Waals surface area contributed by atoms with E-state index in [1.165, 1.54) is 22.7 Å². The van der Waals surface area contributed by atoms with Gasteiger partial charge in [-0.3, -0.25) is 9.59 Å². The van der Waals surface area contributed by atoms with Gasteiger partial charge in [0.05, 0.1) is 57.0 Å². The van der Waals surface area contributed by atoms with Crippen molar-refractivity contribution in [2.45, 2.75) is 63.8 Å². The van der Waals surface area contributed by atoms with Crippen LogP contribution in [0.25, 0.3) is 31.2 Å². The number of hydrogen-bond donors (Lipinski definition) is 4. The number of ether oxygens (including phenoxy) is 2. The van der Waals surface area contributed by atoms with Gasteiger partial charge in [0.1, 0.15) is 21.7 Å². The molecule has 18 heteroatoms. The van der Waals surface area contributed by atoms with Crippen molar-refractivity contribution in [2.75, 3.05) is 13.1 Å². The highest BCUT2D eigenvalue weighted by Gasteiger charge is 2.39. The molecule has 0 aliphatic carbocycles. The molecule has 2 aromatic carbocycles. The molecule has 2 fully saturated rings. The largest absolute Gasteiger partial charge is 0.431 e. The predicted molar refractivity (Wildman–Crippen MR) is 215 cm³/mol. The van der Waals surface area contributed by atoms with Crippen LogP contribution in [0.15, 0.2) is 73.1 Å². The molecule has 0 radical (unpaired) electrons. The van der Waals surface area contributed by atoms with E-state index in [9.17, 15) is 19.2 Å². The number of likely N-dealkylation sites (tertiary alicyclic amines) is 2. The van der Waals surface area contributed by atoms with Crippen LogP contribution in [-0.4, -0.2) is 76.8 Å². The Bertz CT molecular complexity index is 2290. The van der Waals surface area contributed by atoms with Crippen LogP contribution in [-0.2, 0) is 19.1 Å². The minimum atomic E-state index is -1.16. The van der Waals surface area contributed by atoms with Crippen LogP contribution in [0.3, 0.4) is 0 Å². The molecule has 4 amide bonds. The normalized spacial score (nSPS) is 17.6. The van der Waals surface area contributed by atoms with Gasteiger partial charge in [0.25, 0.3) is 11.8 Å². The van der Waals surface area contributed by atoms with Gasteiger partial charge in [0.2, 0.25) is 12.2 Å². The summed E-state index contributed by atoms with van der Waals surface area (Å²) in [5, 5.41) is 1.47. The monoisotopic (exact) mass is 820 g/mol. The standard InChI is InChI=1S/C40H40N10O6S2/c1-21-31(57-35(45-21)25-19-43-33(47-25)27-15-9-17-49(27)37(51)29(55-39(41)53)23-11-5-3-6-12-23)32-22(2)46-36(58-32)26-20-44-34(48-26)28-16-10-18-50(28)38(52)30(56-40(42)54)24-13-7-4-8-14-24/h3-8,11-14,19-20,27-30H,9-10,15-18H2,1-2H3,(H2,41,53)(H2,42,54)(H,43,47)(H,44,48)/t27?,28?,29-,30-/m1/s1. The molecule has 16 nitrogen and oxygen atoms in total. The molecular formula is C40H40N10O6S2. The minimum absolute atomic E-state index is 0.349. The highest BCUT2D eigenvalue weighted by molar-refractivity contribution is 7.25. The number of nitrogens with one attached hydrogen (secondary N) is 2. The molecule has 6 aromatic rings. The topological polar surface area (TPSA) is 228 Å². The van der Waals surface area contributed by atoms with Crippen molar-refractivity contribution in [3.63, 3.8) is 0 Å². The van der Waals surface area contributed by atoms with Gasteiger partial charge < -0.3 is 40.7 Å². The number of H-pyrrole nitrogens is 2. The van der Waals surface area contributed by atoms with E-state index in [0.29, 0.717) is 60.1 Å². The molecule has 6 N–H and O–H groups in total. The summed E-state index contributed by atoms with van der Waals surface area (Å²) in [6, 6.07) is 17.0. The lowest BCUT2D eigenvalue weighted by Gasteiger charge is -2.27. The van der Waals surface area contributed by atoms with Crippen molar-refractivity contribution in [3.05, 3.63) is 107 Å². The van der Waals surface area contributed by atoms with Crippen LogP contribution < -0.4 is 11.5 Å². The Hall–Kier alpha value is -6.40. The van der Waals surface area contributed by atoms with Crippen LogP contribution in [0, 0.1) is 13.8 Å². The highest BCUT2D eigenvalue weighted by atomic mass is 32.1. The molecular weight excluding hydrogens is 781 g/mol. The highest BCUT2D eigenvalue weighted by Crippen LogP contribution is 2.43. The van der Waals surface area contributed by atoms with E-state index >= 15 is 0 Å². The molecule has 2 aliphatic rings. The Morgan fingerprint density at radius 3 is 1.45 bits per heavy atom. The van der Waals surface area contributed by atoms with E-state index in [0.717, 1.165) is 44.0 Å². The molecule has 0 saturated carbocycles. The summed E-state index contributed by atoms with van der Waals surface area (Å²) in [7, 11) is 0. The van der Waals surface area contributed by atoms with Gasteiger partial charge in [0, 0.05) is 24.2 Å². The summed E-state index contributed by atoms with van der Waals surface area (Å²) in [6.07, 6.45) is 1.96. The maximum atomic E-state index is 13.8. The van der Waals surface area contributed by atoms with Crippen molar-refractivity contribution in [3.8, 4) is 31.2 Å². The van der Waals surface area contributed by atoms with E-state index in [1.807, 2.05) is 26.0 Å². The fourth-order valence-electron chi connectivity index (χ4n) is 7.61. The number of rotatable bonds is 11. The number of aromatic nitrogens is 6. The smallest absolute Gasteiger partial charge is 0.405 e. The third kappa shape index (κ3) is 7.67. The second kappa shape index (κ2) is 16.2. The zero-order chi connectivity index (χ0) is 40.5. The zero-order valence-electron chi connectivity index (χ0n) is 31.6. The number of primary amides is 2. The summed E-state index contributed by atoms with van der Waals surface area (Å²) >= 11 is 3.03. The summed E-state index contributed by atoms with van der Waals surface area (Å²) in [5.74, 6) is 0.510. The first kappa shape index (κ1) is 38.5. The fourth-order valence-corrected chi connectivity index (χ4v) is 9.91. The number of imidazole rings is 2. The second-order valence-corrected chi connectivity index (χ2v) is 16.1. The zero-order valence-corrected chi connectivity index (χ0v) is 33.2. The number of nitrogens with zero attached hydrogens (tertiary/aromatic N) is 6. The molecule has 6 heterocycles. The number of carbonyl (C=O) groups is 4. The molecule has 58 heavy (non-hydrogen) atoms. The molecule has 0 bridgehead atoms. The van der Waals surface area contributed by atoms with E-state index in [-0.39, 0.29) is 23.9 Å². The third-order valence-electron chi connectivity index (χ3n) is 10.3. The van der Waals surface area contributed by atoms with Gasteiger partial charge >= 0.3 is 12.2 Å². The van der Waals surface area contributed by atoms with Crippen molar-refractivity contribution in [1.82, 2.24) is 39.7 Å². The summed E-state index contributed by atoms with van der Waals surface area (Å²) < 4.78 is 10.6. The minimum Gasteiger partial charge on any atom is -0.431 e. The molecule has 2 aliphatic heterocycles. The van der Waals surface area contributed by atoms with Crippen LogP contribution >= 0.6 is 22.7 Å². The van der Waals surface area contributed by atoms with Gasteiger partial charge in [-0.25, -0.2) is 29.5 Å². The van der Waals surface area contributed by atoms with Crippen molar-refractivity contribution >= 4 is 46.7 Å². The first-order valence-corrected chi connectivity index (χ1v) is 20.4. The van der Waals surface area contributed by atoms with E-state index in [1.54, 1.807) is 70.7 Å². The number of amides is 4. The van der Waals surface area contributed by atoms with Gasteiger partial charge in [-0.05, 0) is 39.5 Å². The Labute approximate surface area is 340 Å². The van der Waals surface area contributed by atoms with Crippen molar-refractivity contribution in [2.24, 2.45) is 11.5 Å². The third-order valence-corrected chi connectivity index (χ3v) is 12.8. The summed E-state index contributed by atoms with van der Waals surface area (Å²) in [6.45, 7) is 4.87. The van der Waals surface area contributed by atoms with Gasteiger partial charge in [-0.1, -0.05) is 60.7 Å². The first-order valence-electron chi connectivity index (χ1n) is 18.7. The van der Waals surface area contributed by atoms with Gasteiger partial charge in [-0.15, -0.1) is 22.7 Å². The van der Waals surface area contributed by atoms with E-state index < -0.39 is 24.4 Å². The molecule has 2 saturated heterocycles. The van der Waals surface area contributed by atoms with Gasteiger partial charge in [0.15, 0.2) is 0 Å². The van der Waals surface area contributed by atoms with Crippen LogP contribution in [0.4, 0.5) is 9.59 Å². The molecule has 4 atom stereocenters. The van der Waals surface area contributed by atoms with Crippen LogP contribution in [0.5, 0.6) is 0 Å². The number of carbonyl (C=O) groups excluding carboxylic acids is 4. The Kier molecular flexibility index (Phi) is 10.8. The van der Waals surface area contributed by atoms with Crippen LogP contribution in [0.1, 0.15) is 84.1 Å². The Morgan fingerprint density at radius 2 is 1.07 bits per heavy atom. The lowest BCUT2D eigenvalue weighted by atomic mass is 10.1. The number of aromatic amines is 2. The molecule has 8 rings (SSSR count). The number of nitrogens with two attached hydrogens (primary N) is 2. The van der Waals surface area contributed by atoms with Crippen molar-refractivity contribution < 1.29 is 28.7 Å². The van der Waals surface area contributed by atoms with Gasteiger partial charge in [-0.2, -0.15) is 0 Å². The Balaban J connectivity index is 0.992. The lowest BCUT2D eigenvalue weighted by Crippen LogP contribution is -2.37. The van der Waals surface area contributed by atoms with Crippen molar-refractivity contribution in [1.29, 1.82) is 0 Å². The number of thiazole rings is 2. The summed E-state index contributed by atoms with van der Waals surface area (Å²) in [5.41, 5.74) is 14.9. The predicted octanol–water partition coefficient (Wildman–Crippen LogP) is 6.66. The maximum absolute atomic E-state index is 13.8. The number of aryl methyl sites for hydroxylation is 2.